The van der Waals surface area contributed by atoms with E-state index in [0.717, 1.165) is 11.1 Å². The van der Waals surface area contributed by atoms with E-state index in [1.54, 1.807) is 45.0 Å². The zero-order chi connectivity index (χ0) is 27.9. The third-order valence-electron chi connectivity index (χ3n) is 5.60. The summed E-state index contributed by atoms with van der Waals surface area (Å²) in [5.41, 5.74) is 7.06. The molecule has 9 nitrogen and oxygen atoms in total. The van der Waals surface area contributed by atoms with Gasteiger partial charge in [-0.2, -0.15) is 0 Å². The number of alkyl carbamates (subject to hydrolysis) is 1. The molecule has 2 aromatic rings. The Labute approximate surface area is 222 Å². The summed E-state index contributed by atoms with van der Waals surface area (Å²) in [6.07, 6.45) is -1.05. The van der Waals surface area contributed by atoms with Crippen molar-refractivity contribution in [3.63, 3.8) is 0 Å². The van der Waals surface area contributed by atoms with Crippen molar-refractivity contribution in [2.75, 3.05) is 12.4 Å². The molecular formula is C27H35ClN4O5. The van der Waals surface area contributed by atoms with Gasteiger partial charge in [0.2, 0.25) is 11.8 Å². The van der Waals surface area contributed by atoms with Crippen LogP contribution in [0.1, 0.15) is 56.3 Å². The van der Waals surface area contributed by atoms with Gasteiger partial charge in [0.15, 0.2) is 0 Å². The molecule has 2 rings (SSSR count). The molecule has 4 amide bonds. The predicted octanol–water partition coefficient (Wildman–Crippen LogP) is 4.25. The Balaban J connectivity index is 2.44. The molecule has 0 aromatic heterocycles. The van der Waals surface area contributed by atoms with Crippen molar-refractivity contribution in [1.82, 2.24) is 10.2 Å². The van der Waals surface area contributed by atoms with E-state index in [4.69, 9.17) is 22.1 Å². The number of likely N-dealkylation sites (N-methyl/N-ethyl adjacent to an activating group) is 1. The SMILES string of the molecule is Cc1ccccc1C(C(=O)Nc1c(C)cccc1Cl)N(C)C(=O)C(CCC(N)=O)NC(=O)OC(C)(C)C. The van der Waals surface area contributed by atoms with Crippen molar-refractivity contribution in [3.8, 4) is 0 Å². The zero-order valence-electron chi connectivity index (χ0n) is 22.1. The van der Waals surface area contributed by atoms with E-state index in [1.807, 2.05) is 32.0 Å². The minimum Gasteiger partial charge on any atom is -0.444 e. The number of amides is 4. The number of hydrogen-bond donors (Lipinski definition) is 3. The molecule has 0 aliphatic rings. The molecule has 0 bridgehead atoms. The van der Waals surface area contributed by atoms with Crippen LogP contribution < -0.4 is 16.4 Å². The Bertz CT molecular complexity index is 1140. The lowest BCUT2D eigenvalue weighted by molar-refractivity contribution is -0.139. The van der Waals surface area contributed by atoms with Gasteiger partial charge in [0, 0.05) is 13.5 Å². The smallest absolute Gasteiger partial charge is 0.408 e. The van der Waals surface area contributed by atoms with Crippen LogP contribution in [0.3, 0.4) is 0 Å². The lowest BCUT2D eigenvalue weighted by atomic mass is 9.98. The van der Waals surface area contributed by atoms with E-state index >= 15 is 0 Å². The van der Waals surface area contributed by atoms with Gasteiger partial charge in [-0.25, -0.2) is 4.79 Å². The van der Waals surface area contributed by atoms with Gasteiger partial charge in [0.25, 0.3) is 5.91 Å². The summed E-state index contributed by atoms with van der Waals surface area (Å²) in [5, 5.41) is 5.73. The van der Waals surface area contributed by atoms with Crippen molar-refractivity contribution in [2.45, 2.75) is 65.1 Å². The number of ether oxygens (including phenoxy) is 1. The summed E-state index contributed by atoms with van der Waals surface area (Å²) >= 11 is 6.33. The number of halogens is 1. The second kappa shape index (κ2) is 12.6. The third kappa shape index (κ3) is 8.49. The van der Waals surface area contributed by atoms with E-state index in [1.165, 1.54) is 11.9 Å². The summed E-state index contributed by atoms with van der Waals surface area (Å²) < 4.78 is 5.29. The first-order valence-corrected chi connectivity index (χ1v) is 12.2. The standard InChI is InChI=1S/C27H35ClN4O5/c1-16-10-7-8-12-18(16)23(24(34)31-22-17(2)11-9-13-19(22)28)32(6)25(35)20(14-15-21(29)33)30-26(36)37-27(3,4)5/h7-13,20,23H,14-15H2,1-6H3,(H2,29,33)(H,30,36)(H,31,34). The Morgan fingerprint density at radius 2 is 1.65 bits per heavy atom. The second-order valence-electron chi connectivity index (χ2n) is 9.83. The van der Waals surface area contributed by atoms with Crippen molar-refractivity contribution in [1.29, 1.82) is 0 Å². The third-order valence-corrected chi connectivity index (χ3v) is 5.92. The molecular weight excluding hydrogens is 496 g/mol. The number of carbonyl (C=O) groups is 4. The van der Waals surface area contributed by atoms with E-state index in [9.17, 15) is 19.2 Å². The zero-order valence-corrected chi connectivity index (χ0v) is 22.8. The summed E-state index contributed by atoms with van der Waals surface area (Å²) in [4.78, 5) is 52.5. The normalized spacial score (nSPS) is 12.7. The maximum atomic E-state index is 13.7. The largest absolute Gasteiger partial charge is 0.444 e. The van der Waals surface area contributed by atoms with Crippen molar-refractivity contribution in [2.24, 2.45) is 5.73 Å². The minimum absolute atomic E-state index is 0.0660. The molecule has 2 atom stereocenters. The van der Waals surface area contributed by atoms with Gasteiger partial charge < -0.3 is 26.0 Å². The molecule has 4 N–H and O–H groups in total. The molecule has 0 radical (unpaired) electrons. The van der Waals surface area contributed by atoms with Gasteiger partial charge in [-0.3, -0.25) is 14.4 Å². The number of anilines is 1. The maximum absolute atomic E-state index is 13.7. The molecule has 37 heavy (non-hydrogen) atoms. The van der Waals surface area contributed by atoms with Crippen molar-refractivity contribution >= 4 is 41.1 Å². The van der Waals surface area contributed by atoms with Crippen LogP contribution in [-0.2, 0) is 19.1 Å². The van der Waals surface area contributed by atoms with Crippen LogP contribution in [0, 0.1) is 13.8 Å². The molecule has 0 aliphatic carbocycles. The number of carbonyl (C=O) groups excluding carboxylic acids is 4. The van der Waals surface area contributed by atoms with Crippen LogP contribution in [0.25, 0.3) is 0 Å². The molecule has 2 aromatic carbocycles. The highest BCUT2D eigenvalue weighted by molar-refractivity contribution is 6.34. The number of nitrogens with zero attached hydrogens (tertiary/aromatic N) is 1. The van der Waals surface area contributed by atoms with E-state index in [0.29, 0.717) is 16.3 Å². The fourth-order valence-corrected chi connectivity index (χ4v) is 4.04. The summed E-state index contributed by atoms with van der Waals surface area (Å²) in [6, 6.07) is 10.2. The number of aryl methyl sites for hydroxylation is 2. The fourth-order valence-electron chi connectivity index (χ4n) is 3.77. The first-order valence-electron chi connectivity index (χ1n) is 11.9. The van der Waals surface area contributed by atoms with Gasteiger partial charge >= 0.3 is 6.09 Å². The Kier molecular flexibility index (Phi) is 10.1. The van der Waals surface area contributed by atoms with Gasteiger partial charge in [0.05, 0.1) is 10.7 Å². The second-order valence-corrected chi connectivity index (χ2v) is 10.2. The van der Waals surface area contributed by atoms with Gasteiger partial charge in [0.1, 0.15) is 17.7 Å². The molecule has 2 unspecified atom stereocenters. The first-order chi connectivity index (χ1) is 17.2. The molecule has 200 valence electrons. The molecule has 0 heterocycles. The topological polar surface area (TPSA) is 131 Å². The lowest BCUT2D eigenvalue weighted by Crippen LogP contribution is -2.51. The van der Waals surface area contributed by atoms with Crippen LogP contribution in [-0.4, -0.2) is 47.4 Å². The summed E-state index contributed by atoms with van der Waals surface area (Å²) in [5.74, 6) is -1.72. The van der Waals surface area contributed by atoms with Gasteiger partial charge in [-0.1, -0.05) is 48.0 Å². The maximum Gasteiger partial charge on any atom is 0.408 e. The van der Waals surface area contributed by atoms with Gasteiger partial charge in [-0.05, 0) is 63.8 Å². The molecule has 0 aliphatic heterocycles. The Morgan fingerprint density at radius 3 is 2.22 bits per heavy atom. The minimum atomic E-state index is -1.16. The average Bonchev–Trinajstić information content (AvgIpc) is 2.78. The van der Waals surface area contributed by atoms with Crippen molar-refractivity contribution < 1.29 is 23.9 Å². The molecule has 0 fully saturated rings. The average molecular weight is 531 g/mol. The quantitative estimate of drug-likeness (QED) is 0.446. The number of nitrogens with two attached hydrogens (primary N) is 1. The predicted molar refractivity (Wildman–Crippen MR) is 143 cm³/mol. The van der Waals surface area contributed by atoms with Crippen LogP contribution in [0.2, 0.25) is 5.02 Å². The molecule has 0 saturated carbocycles. The van der Waals surface area contributed by atoms with Gasteiger partial charge in [-0.15, -0.1) is 0 Å². The highest BCUT2D eigenvalue weighted by atomic mass is 35.5. The molecule has 0 saturated heterocycles. The van der Waals surface area contributed by atoms with E-state index in [2.05, 4.69) is 10.6 Å². The number of hydrogen-bond acceptors (Lipinski definition) is 5. The van der Waals surface area contributed by atoms with Crippen LogP contribution in [0.5, 0.6) is 0 Å². The summed E-state index contributed by atoms with van der Waals surface area (Å²) in [7, 11) is 1.46. The Hall–Kier alpha value is -3.59. The monoisotopic (exact) mass is 530 g/mol. The number of benzene rings is 2. The first kappa shape index (κ1) is 29.6. The lowest BCUT2D eigenvalue weighted by Gasteiger charge is -2.32. The Morgan fingerprint density at radius 1 is 1.03 bits per heavy atom. The summed E-state index contributed by atoms with van der Waals surface area (Å²) in [6.45, 7) is 8.71. The highest BCUT2D eigenvalue weighted by Crippen LogP contribution is 2.30. The number of para-hydroxylation sites is 1. The number of rotatable bonds is 9. The van der Waals surface area contributed by atoms with Crippen molar-refractivity contribution in [3.05, 3.63) is 64.2 Å². The number of primary amides is 1. The van der Waals surface area contributed by atoms with E-state index in [-0.39, 0.29) is 12.8 Å². The van der Waals surface area contributed by atoms with Crippen LogP contribution >= 0.6 is 11.6 Å². The van der Waals surface area contributed by atoms with E-state index < -0.39 is 41.5 Å². The van der Waals surface area contributed by atoms with Crippen LogP contribution in [0.15, 0.2) is 42.5 Å². The molecule has 0 spiro atoms. The highest BCUT2D eigenvalue weighted by Gasteiger charge is 2.35. The molecule has 10 heteroatoms. The van der Waals surface area contributed by atoms with Crippen LogP contribution in [0.4, 0.5) is 10.5 Å². The fraction of sp³-hybridized carbons (Fsp3) is 0.407. The number of nitrogens with one attached hydrogen (secondary N) is 2.